The summed E-state index contributed by atoms with van der Waals surface area (Å²) in [5.74, 6) is -0.382. The van der Waals surface area contributed by atoms with E-state index in [1.165, 1.54) is 12.1 Å². The Balaban J connectivity index is 1.35. The van der Waals surface area contributed by atoms with E-state index in [1.807, 2.05) is 36.4 Å². The standard InChI is InChI=1S/C23H15F2N5O/c24-18-5-3-4-17(22(18)25)23-28-19-12-27-30(14-20(19)29-23)13-15-7-9-16(10-8-15)31-21-6-1-2-11-26-21/h1-12,14H,13H2/p+1. The summed E-state index contributed by atoms with van der Waals surface area (Å²) in [6, 6.07) is 17.1. The van der Waals surface area contributed by atoms with E-state index in [0.717, 1.165) is 11.6 Å². The number of nitrogens with one attached hydrogen (secondary N) is 1. The summed E-state index contributed by atoms with van der Waals surface area (Å²) in [4.78, 5) is 11.5. The Morgan fingerprint density at radius 3 is 2.65 bits per heavy atom. The highest BCUT2D eigenvalue weighted by Crippen LogP contribution is 2.24. The number of pyridine rings is 1. The lowest BCUT2D eigenvalue weighted by molar-refractivity contribution is -0.745. The van der Waals surface area contributed by atoms with Crippen LogP contribution in [0.15, 0.2) is 79.3 Å². The third kappa shape index (κ3) is 3.95. The highest BCUT2D eigenvalue weighted by molar-refractivity contribution is 5.77. The Labute approximate surface area is 175 Å². The summed E-state index contributed by atoms with van der Waals surface area (Å²) in [5.41, 5.74) is 2.32. The van der Waals surface area contributed by atoms with Gasteiger partial charge in [0.1, 0.15) is 28.8 Å². The summed E-state index contributed by atoms with van der Waals surface area (Å²) in [6.45, 7) is 0.516. The molecule has 3 aromatic heterocycles. The zero-order chi connectivity index (χ0) is 21.2. The van der Waals surface area contributed by atoms with Gasteiger partial charge in [0.15, 0.2) is 18.2 Å². The topological polar surface area (TPSA) is 67.6 Å². The number of ether oxygens (including phenoxy) is 1. The van der Waals surface area contributed by atoms with Crippen LogP contribution in [0.25, 0.3) is 22.4 Å². The van der Waals surface area contributed by atoms with Gasteiger partial charge in [-0.3, -0.25) is 0 Å². The third-order valence-electron chi connectivity index (χ3n) is 4.70. The van der Waals surface area contributed by atoms with Crippen molar-refractivity contribution in [2.24, 2.45) is 0 Å². The number of nitrogens with zero attached hydrogens (tertiary/aromatic N) is 4. The monoisotopic (exact) mass is 416 g/mol. The number of halogens is 2. The first-order valence-corrected chi connectivity index (χ1v) is 9.53. The van der Waals surface area contributed by atoms with E-state index in [1.54, 1.807) is 29.3 Å². The molecule has 3 heterocycles. The first-order chi connectivity index (χ1) is 15.2. The van der Waals surface area contributed by atoms with Crippen LogP contribution < -0.4 is 9.42 Å². The highest BCUT2D eigenvalue weighted by atomic mass is 19.2. The van der Waals surface area contributed by atoms with Gasteiger partial charge in [0, 0.05) is 17.8 Å². The molecule has 0 bridgehead atoms. The highest BCUT2D eigenvalue weighted by Gasteiger charge is 2.16. The van der Waals surface area contributed by atoms with Gasteiger partial charge in [-0.2, -0.15) is 0 Å². The number of fused-ring (bicyclic) bond motifs is 1. The maximum atomic E-state index is 14.1. The lowest BCUT2D eigenvalue weighted by Gasteiger charge is -2.04. The largest absolute Gasteiger partial charge is 0.439 e. The summed E-state index contributed by atoms with van der Waals surface area (Å²) in [6.07, 6.45) is 5.04. The summed E-state index contributed by atoms with van der Waals surface area (Å²) >= 11 is 0. The molecule has 5 rings (SSSR count). The zero-order valence-electron chi connectivity index (χ0n) is 16.2. The van der Waals surface area contributed by atoms with E-state index >= 15 is 0 Å². The number of hydrogen-bond acceptors (Lipinski definition) is 4. The van der Waals surface area contributed by atoms with Gasteiger partial charge in [-0.1, -0.05) is 16.8 Å². The Hall–Kier alpha value is -4.20. The number of benzene rings is 2. The van der Waals surface area contributed by atoms with E-state index < -0.39 is 11.6 Å². The molecule has 2 aromatic carbocycles. The van der Waals surface area contributed by atoms with Gasteiger partial charge < -0.3 is 9.72 Å². The quantitative estimate of drug-likeness (QED) is 0.431. The molecule has 0 amide bonds. The lowest BCUT2D eigenvalue weighted by atomic mass is 10.2. The molecule has 0 radical (unpaired) electrons. The number of hydrogen-bond donors (Lipinski definition) is 1. The fourth-order valence-electron chi connectivity index (χ4n) is 3.19. The molecular formula is C23H16F2N5O+. The second kappa shape index (κ2) is 7.91. The summed E-state index contributed by atoms with van der Waals surface area (Å²) in [5, 5.41) is 4.36. The van der Waals surface area contributed by atoms with Crippen molar-refractivity contribution in [1.82, 2.24) is 20.1 Å². The van der Waals surface area contributed by atoms with E-state index in [4.69, 9.17) is 4.74 Å². The Morgan fingerprint density at radius 2 is 1.84 bits per heavy atom. The second-order valence-corrected chi connectivity index (χ2v) is 6.87. The average Bonchev–Trinajstić information content (AvgIpc) is 3.21. The predicted octanol–water partition coefficient (Wildman–Crippen LogP) is 4.43. The number of aromatic amines is 1. The normalized spacial score (nSPS) is 11.0. The number of imidazole rings is 1. The molecule has 0 saturated heterocycles. The van der Waals surface area contributed by atoms with Crippen molar-refractivity contribution >= 4 is 11.0 Å². The molecule has 8 heteroatoms. The molecule has 31 heavy (non-hydrogen) atoms. The average molecular weight is 416 g/mol. The Bertz CT molecular complexity index is 1350. The van der Waals surface area contributed by atoms with Crippen LogP contribution in [0.5, 0.6) is 11.6 Å². The number of rotatable bonds is 5. The molecule has 0 spiro atoms. The van der Waals surface area contributed by atoms with Gasteiger partial charge in [-0.15, -0.1) is 0 Å². The van der Waals surface area contributed by atoms with Crippen molar-refractivity contribution in [2.75, 3.05) is 0 Å². The van der Waals surface area contributed by atoms with Gasteiger partial charge in [0.2, 0.25) is 12.1 Å². The van der Waals surface area contributed by atoms with Gasteiger partial charge in [-0.05, 0) is 47.6 Å². The van der Waals surface area contributed by atoms with E-state index in [0.29, 0.717) is 29.2 Å². The second-order valence-electron chi connectivity index (χ2n) is 6.87. The first kappa shape index (κ1) is 18.8. The molecule has 0 saturated carbocycles. The van der Waals surface area contributed by atoms with Crippen molar-refractivity contribution < 1.29 is 18.2 Å². The van der Waals surface area contributed by atoms with Crippen molar-refractivity contribution in [2.45, 2.75) is 6.54 Å². The first-order valence-electron chi connectivity index (χ1n) is 9.53. The fourth-order valence-corrected chi connectivity index (χ4v) is 3.19. The smallest absolute Gasteiger partial charge is 0.222 e. The van der Waals surface area contributed by atoms with Crippen LogP contribution >= 0.6 is 0 Å². The molecule has 0 aliphatic heterocycles. The molecule has 0 fully saturated rings. The number of H-pyrrole nitrogens is 1. The minimum Gasteiger partial charge on any atom is -0.439 e. The van der Waals surface area contributed by atoms with E-state index in [9.17, 15) is 8.78 Å². The third-order valence-corrected chi connectivity index (χ3v) is 4.70. The van der Waals surface area contributed by atoms with Crippen LogP contribution in [0.3, 0.4) is 0 Å². The molecule has 0 aliphatic rings. The molecule has 5 aromatic rings. The van der Waals surface area contributed by atoms with Crippen LogP contribution in [0.1, 0.15) is 5.56 Å². The molecule has 1 N–H and O–H groups in total. The summed E-state index contributed by atoms with van der Waals surface area (Å²) < 4.78 is 35.1. The van der Waals surface area contributed by atoms with Crippen molar-refractivity contribution in [3.63, 3.8) is 0 Å². The van der Waals surface area contributed by atoms with Gasteiger partial charge >= 0.3 is 0 Å². The van der Waals surface area contributed by atoms with Crippen LogP contribution in [-0.2, 0) is 6.54 Å². The van der Waals surface area contributed by atoms with Crippen LogP contribution in [0, 0.1) is 11.6 Å². The SMILES string of the molecule is Fc1cccc(-c2nc3cn[n+](Cc4ccc(Oc5ccccn5)cc4)cc3[nH]2)c1F. The minimum atomic E-state index is -0.935. The van der Waals surface area contributed by atoms with Crippen LogP contribution in [-0.4, -0.2) is 20.1 Å². The van der Waals surface area contributed by atoms with Crippen LogP contribution in [0.4, 0.5) is 8.78 Å². The van der Waals surface area contributed by atoms with Crippen molar-refractivity contribution in [3.8, 4) is 23.0 Å². The lowest BCUT2D eigenvalue weighted by Crippen LogP contribution is -2.37. The van der Waals surface area contributed by atoms with Crippen LogP contribution in [0.2, 0.25) is 0 Å². The Kier molecular flexibility index (Phi) is 4.80. The van der Waals surface area contributed by atoms with Gasteiger partial charge in [-0.25, -0.2) is 18.7 Å². The van der Waals surface area contributed by atoms with Gasteiger partial charge in [0.25, 0.3) is 0 Å². The molecule has 152 valence electrons. The summed E-state index contributed by atoms with van der Waals surface area (Å²) in [7, 11) is 0. The number of aromatic nitrogens is 5. The minimum absolute atomic E-state index is 0.0752. The fraction of sp³-hybridized carbons (Fsp3) is 0.0435. The molecule has 0 atom stereocenters. The maximum absolute atomic E-state index is 14.1. The van der Waals surface area contributed by atoms with E-state index in [2.05, 4.69) is 20.1 Å². The molecule has 0 unspecified atom stereocenters. The van der Waals surface area contributed by atoms with Crippen molar-refractivity contribution in [3.05, 3.63) is 96.5 Å². The molecular weight excluding hydrogens is 400 g/mol. The molecule has 6 nitrogen and oxygen atoms in total. The predicted molar refractivity (Wildman–Crippen MR) is 109 cm³/mol. The van der Waals surface area contributed by atoms with Crippen molar-refractivity contribution in [1.29, 1.82) is 0 Å². The maximum Gasteiger partial charge on any atom is 0.222 e. The van der Waals surface area contributed by atoms with E-state index in [-0.39, 0.29) is 11.4 Å². The Morgan fingerprint density at radius 1 is 0.968 bits per heavy atom. The molecule has 0 aliphatic carbocycles. The van der Waals surface area contributed by atoms with Gasteiger partial charge in [0.05, 0.1) is 5.56 Å². The zero-order valence-corrected chi connectivity index (χ0v) is 16.2.